The standard InChI is InChI=1S/C13H9F2N3/c14-9-3-1-2-8(6-9)12-13(16)18-7-10(15)4-5-11(18)17-12/h1-7H,16H2. The van der Waals surface area contributed by atoms with Gasteiger partial charge in [0.1, 0.15) is 28.8 Å². The summed E-state index contributed by atoms with van der Waals surface area (Å²) in [6.07, 6.45) is 1.25. The van der Waals surface area contributed by atoms with Gasteiger partial charge in [0.05, 0.1) is 0 Å². The molecule has 0 aliphatic carbocycles. The molecule has 0 saturated carbocycles. The van der Waals surface area contributed by atoms with Crippen molar-refractivity contribution in [2.75, 3.05) is 5.73 Å². The third kappa shape index (κ3) is 1.60. The smallest absolute Gasteiger partial charge is 0.140 e. The third-order valence-electron chi connectivity index (χ3n) is 2.72. The van der Waals surface area contributed by atoms with Crippen molar-refractivity contribution in [3.63, 3.8) is 0 Å². The summed E-state index contributed by atoms with van der Waals surface area (Å²) < 4.78 is 27.7. The first-order chi connectivity index (χ1) is 8.65. The van der Waals surface area contributed by atoms with Crippen molar-refractivity contribution in [2.24, 2.45) is 0 Å². The minimum absolute atomic E-state index is 0.287. The van der Waals surface area contributed by atoms with E-state index in [2.05, 4.69) is 4.98 Å². The molecule has 0 radical (unpaired) electrons. The summed E-state index contributed by atoms with van der Waals surface area (Å²) in [5.41, 5.74) is 7.43. The normalized spacial score (nSPS) is 11.0. The molecule has 0 amide bonds. The Morgan fingerprint density at radius 1 is 1.06 bits per heavy atom. The van der Waals surface area contributed by atoms with Crippen LogP contribution in [0.25, 0.3) is 16.9 Å². The van der Waals surface area contributed by atoms with E-state index in [9.17, 15) is 8.78 Å². The molecule has 5 heteroatoms. The van der Waals surface area contributed by atoms with Crippen LogP contribution in [0.5, 0.6) is 0 Å². The minimum atomic E-state index is -0.405. The summed E-state index contributed by atoms with van der Waals surface area (Å²) in [5.74, 6) is -0.484. The number of anilines is 1. The maximum absolute atomic E-state index is 13.2. The minimum Gasteiger partial charge on any atom is -0.383 e. The van der Waals surface area contributed by atoms with Crippen molar-refractivity contribution >= 4 is 11.5 Å². The van der Waals surface area contributed by atoms with Crippen LogP contribution in [0, 0.1) is 11.6 Å². The lowest BCUT2D eigenvalue weighted by molar-refractivity contribution is 0.619. The van der Waals surface area contributed by atoms with Gasteiger partial charge in [-0.15, -0.1) is 0 Å². The number of hydrogen-bond donors (Lipinski definition) is 1. The molecule has 1 aromatic carbocycles. The van der Waals surface area contributed by atoms with Gasteiger partial charge in [-0.05, 0) is 24.3 Å². The van der Waals surface area contributed by atoms with Crippen molar-refractivity contribution in [1.82, 2.24) is 9.38 Å². The highest BCUT2D eigenvalue weighted by Gasteiger charge is 2.12. The number of fused-ring (bicyclic) bond motifs is 1. The molecular weight excluding hydrogens is 236 g/mol. The fourth-order valence-electron chi connectivity index (χ4n) is 1.89. The van der Waals surface area contributed by atoms with E-state index in [1.807, 2.05) is 0 Å². The Kier molecular flexibility index (Phi) is 2.26. The van der Waals surface area contributed by atoms with E-state index < -0.39 is 5.82 Å². The number of hydrogen-bond acceptors (Lipinski definition) is 2. The van der Waals surface area contributed by atoms with Crippen molar-refractivity contribution in [3.05, 3.63) is 54.2 Å². The van der Waals surface area contributed by atoms with Gasteiger partial charge in [-0.25, -0.2) is 13.8 Å². The molecule has 0 aliphatic heterocycles. The van der Waals surface area contributed by atoms with E-state index in [4.69, 9.17) is 5.73 Å². The van der Waals surface area contributed by atoms with Gasteiger partial charge >= 0.3 is 0 Å². The van der Waals surface area contributed by atoms with Gasteiger partial charge < -0.3 is 5.73 Å². The maximum Gasteiger partial charge on any atom is 0.140 e. The zero-order valence-corrected chi connectivity index (χ0v) is 9.27. The first-order valence-electron chi connectivity index (χ1n) is 5.34. The molecule has 2 aromatic heterocycles. The number of benzene rings is 1. The molecule has 18 heavy (non-hydrogen) atoms. The van der Waals surface area contributed by atoms with Gasteiger partial charge in [-0.2, -0.15) is 0 Å². The Morgan fingerprint density at radius 2 is 1.89 bits per heavy atom. The average molecular weight is 245 g/mol. The van der Waals surface area contributed by atoms with E-state index in [0.29, 0.717) is 16.9 Å². The molecule has 2 N–H and O–H groups in total. The summed E-state index contributed by atoms with van der Waals surface area (Å²) in [6.45, 7) is 0. The Bertz CT molecular complexity index is 734. The molecule has 3 aromatic rings. The van der Waals surface area contributed by atoms with Crippen molar-refractivity contribution in [3.8, 4) is 11.3 Å². The first-order valence-corrected chi connectivity index (χ1v) is 5.34. The van der Waals surface area contributed by atoms with Crippen molar-refractivity contribution in [2.45, 2.75) is 0 Å². The molecule has 0 atom stereocenters. The summed E-state index contributed by atoms with van der Waals surface area (Å²) in [6, 6.07) is 8.79. The lowest BCUT2D eigenvalue weighted by Crippen LogP contribution is -1.94. The van der Waals surface area contributed by atoms with Crippen LogP contribution in [0.4, 0.5) is 14.6 Å². The molecule has 0 aliphatic rings. The molecule has 3 rings (SSSR count). The topological polar surface area (TPSA) is 43.3 Å². The predicted molar refractivity (Wildman–Crippen MR) is 65.0 cm³/mol. The highest BCUT2D eigenvalue weighted by Crippen LogP contribution is 2.26. The summed E-state index contributed by atoms with van der Waals surface area (Å²) in [4.78, 5) is 4.27. The summed E-state index contributed by atoms with van der Waals surface area (Å²) >= 11 is 0. The predicted octanol–water partition coefficient (Wildman–Crippen LogP) is 2.86. The molecule has 90 valence electrons. The van der Waals surface area contributed by atoms with Crippen LogP contribution >= 0.6 is 0 Å². The molecule has 3 nitrogen and oxygen atoms in total. The molecule has 0 unspecified atom stereocenters. The lowest BCUT2D eigenvalue weighted by Gasteiger charge is -1.99. The number of imidazole rings is 1. The number of nitrogen functional groups attached to an aromatic ring is 1. The molecule has 2 heterocycles. The van der Waals surface area contributed by atoms with Gasteiger partial charge in [-0.3, -0.25) is 4.40 Å². The molecule has 0 saturated heterocycles. The van der Waals surface area contributed by atoms with Crippen LogP contribution in [0.3, 0.4) is 0 Å². The number of aromatic nitrogens is 2. The largest absolute Gasteiger partial charge is 0.383 e. The van der Waals surface area contributed by atoms with Gasteiger partial charge in [0.25, 0.3) is 0 Å². The number of pyridine rings is 1. The Hall–Kier alpha value is -2.43. The second-order valence-electron chi connectivity index (χ2n) is 3.93. The Balaban J connectivity index is 2.27. The van der Waals surface area contributed by atoms with Gasteiger partial charge in [0, 0.05) is 11.8 Å². The number of nitrogens with zero attached hydrogens (tertiary/aromatic N) is 2. The highest BCUT2D eigenvalue weighted by atomic mass is 19.1. The second kappa shape index (κ2) is 3.80. The zero-order chi connectivity index (χ0) is 12.7. The first kappa shape index (κ1) is 10.7. The maximum atomic E-state index is 13.2. The van der Waals surface area contributed by atoms with Crippen molar-refractivity contribution < 1.29 is 8.78 Å². The molecule has 0 fully saturated rings. The van der Waals surface area contributed by atoms with Gasteiger partial charge in [0.15, 0.2) is 0 Å². The van der Waals surface area contributed by atoms with Crippen LogP contribution in [0.1, 0.15) is 0 Å². The molecular formula is C13H9F2N3. The molecule has 0 bridgehead atoms. The van der Waals surface area contributed by atoms with E-state index in [-0.39, 0.29) is 11.6 Å². The van der Waals surface area contributed by atoms with Gasteiger partial charge in [0.2, 0.25) is 0 Å². The zero-order valence-electron chi connectivity index (χ0n) is 9.27. The van der Waals surface area contributed by atoms with E-state index >= 15 is 0 Å². The third-order valence-corrected chi connectivity index (χ3v) is 2.72. The van der Waals surface area contributed by atoms with E-state index in [0.717, 1.165) is 0 Å². The second-order valence-corrected chi connectivity index (χ2v) is 3.93. The number of nitrogens with two attached hydrogens (primary N) is 1. The fourth-order valence-corrected chi connectivity index (χ4v) is 1.89. The summed E-state index contributed by atoms with van der Waals surface area (Å²) in [5, 5.41) is 0. The monoisotopic (exact) mass is 245 g/mol. The summed E-state index contributed by atoms with van der Waals surface area (Å²) in [7, 11) is 0. The number of rotatable bonds is 1. The van der Waals surface area contributed by atoms with E-state index in [1.54, 1.807) is 12.1 Å². The lowest BCUT2D eigenvalue weighted by atomic mass is 10.1. The number of halogens is 2. The fraction of sp³-hybridized carbons (Fsp3) is 0. The van der Waals surface area contributed by atoms with E-state index in [1.165, 1.54) is 34.9 Å². The van der Waals surface area contributed by atoms with Crippen molar-refractivity contribution in [1.29, 1.82) is 0 Å². The Morgan fingerprint density at radius 3 is 2.67 bits per heavy atom. The van der Waals surface area contributed by atoms with Crippen LogP contribution < -0.4 is 5.73 Å². The van der Waals surface area contributed by atoms with Crippen LogP contribution in [0.15, 0.2) is 42.6 Å². The highest BCUT2D eigenvalue weighted by molar-refractivity contribution is 5.74. The average Bonchev–Trinajstić information content (AvgIpc) is 2.67. The Labute approximate surface area is 101 Å². The van der Waals surface area contributed by atoms with Crippen LogP contribution in [-0.4, -0.2) is 9.38 Å². The van der Waals surface area contributed by atoms with Crippen LogP contribution in [0.2, 0.25) is 0 Å². The van der Waals surface area contributed by atoms with Gasteiger partial charge in [-0.1, -0.05) is 12.1 Å². The quantitative estimate of drug-likeness (QED) is 0.716. The van der Waals surface area contributed by atoms with Crippen LogP contribution in [-0.2, 0) is 0 Å². The SMILES string of the molecule is Nc1c(-c2cccc(F)c2)nc2ccc(F)cn12. The molecule has 0 spiro atoms.